The Morgan fingerprint density at radius 3 is 2.55 bits per heavy atom. The SMILES string of the molecule is NC(=O)c1c(Br)cccc1NCC1(C(=O)O)CCCC1. The van der Waals surface area contributed by atoms with Gasteiger partial charge in [0.2, 0.25) is 0 Å². The first-order valence-corrected chi connectivity index (χ1v) is 7.31. The Kier molecular flexibility index (Phi) is 4.32. The van der Waals surface area contributed by atoms with Crippen molar-refractivity contribution in [3.63, 3.8) is 0 Å². The number of primary amides is 1. The summed E-state index contributed by atoms with van der Waals surface area (Å²) in [5.41, 5.74) is 5.55. The first kappa shape index (κ1) is 14.8. The number of carboxylic acid groups (broad SMARTS) is 1. The number of rotatable bonds is 5. The lowest BCUT2D eigenvalue weighted by molar-refractivity contribution is -0.147. The topological polar surface area (TPSA) is 92.4 Å². The molecule has 5 nitrogen and oxygen atoms in total. The summed E-state index contributed by atoms with van der Waals surface area (Å²) in [6.07, 6.45) is 3.18. The van der Waals surface area contributed by atoms with Crippen molar-refractivity contribution in [3.05, 3.63) is 28.2 Å². The van der Waals surface area contributed by atoms with Gasteiger partial charge in [-0.3, -0.25) is 9.59 Å². The van der Waals surface area contributed by atoms with Crippen molar-refractivity contribution in [2.75, 3.05) is 11.9 Å². The van der Waals surface area contributed by atoms with Crippen molar-refractivity contribution in [2.24, 2.45) is 11.1 Å². The molecule has 0 heterocycles. The van der Waals surface area contributed by atoms with Crippen LogP contribution in [0.3, 0.4) is 0 Å². The van der Waals surface area contributed by atoms with E-state index in [0.717, 1.165) is 12.8 Å². The summed E-state index contributed by atoms with van der Waals surface area (Å²) in [4.78, 5) is 23.0. The molecular formula is C14H17BrN2O3. The lowest BCUT2D eigenvalue weighted by atomic mass is 9.86. The molecule has 4 N–H and O–H groups in total. The molecule has 1 aliphatic carbocycles. The van der Waals surface area contributed by atoms with Crippen LogP contribution in [0.5, 0.6) is 0 Å². The fourth-order valence-corrected chi connectivity index (χ4v) is 3.27. The number of anilines is 1. The van der Waals surface area contributed by atoms with Crippen LogP contribution in [0.25, 0.3) is 0 Å². The van der Waals surface area contributed by atoms with Crippen molar-refractivity contribution in [1.29, 1.82) is 0 Å². The maximum absolute atomic E-state index is 11.5. The van der Waals surface area contributed by atoms with Crippen molar-refractivity contribution in [1.82, 2.24) is 0 Å². The lowest BCUT2D eigenvalue weighted by Crippen LogP contribution is -2.35. The predicted octanol–water partition coefficient (Wildman–Crippen LogP) is 2.60. The monoisotopic (exact) mass is 340 g/mol. The minimum Gasteiger partial charge on any atom is -0.481 e. The van der Waals surface area contributed by atoms with E-state index in [2.05, 4.69) is 21.2 Å². The Morgan fingerprint density at radius 1 is 1.35 bits per heavy atom. The minimum absolute atomic E-state index is 0.305. The van der Waals surface area contributed by atoms with Gasteiger partial charge in [0.15, 0.2) is 0 Å². The zero-order valence-corrected chi connectivity index (χ0v) is 12.6. The van der Waals surface area contributed by atoms with Crippen molar-refractivity contribution in [2.45, 2.75) is 25.7 Å². The van der Waals surface area contributed by atoms with E-state index in [-0.39, 0.29) is 0 Å². The van der Waals surface area contributed by atoms with E-state index in [4.69, 9.17) is 5.73 Å². The largest absolute Gasteiger partial charge is 0.481 e. The number of benzene rings is 1. The summed E-state index contributed by atoms with van der Waals surface area (Å²) in [7, 11) is 0. The van der Waals surface area contributed by atoms with Crippen molar-refractivity contribution in [3.8, 4) is 0 Å². The maximum Gasteiger partial charge on any atom is 0.311 e. The van der Waals surface area contributed by atoms with Crippen LogP contribution >= 0.6 is 15.9 Å². The summed E-state index contributed by atoms with van der Waals surface area (Å²) < 4.78 is 0.603. The normalized spacial score (nSPS) is 16.9. The lowest BCUT2D eigenvalue weighted by Gasteiger charge is -2.25. The Balaban J connectivity index is 2.21. The molecule has 1 fully saturated rings. The van der Waals surface area contributed by atoms with Gasteiger partial charge in [0.25, 0.3) is 5.91 Å². The highest BCUT2D eigenvalue weighted by molar-refractivity contribution is 9.10. The quantitative estimate of drug-likeness (QED) is 0.768. The number of carbonyl (C=O) groups excluding carboxylic acids is 1. The van der Waals surface area contributed by atoms with E-state index in [1.54, 1.807) is 18.2 Å². The Morgan fingerprint density at radius 2 is 2.00 bits per heavy atom. The average Bonchev–Trinajstić information content (AvgIpc) is 2.86. The molecule has 2 rings (SSSR count). The Bertz CT molecular complexity index is 539. The third kappa shape index (κ3) is 2.80. The van der Waals surface area contributed by atoms with Crippen LogP contribution in [0, 0.1) is 5.41 Å². The van der Waals surface area contributed by atoms with Crippen LogP contribution in [0.15, 0.2) is 22.7 Å². The van der Waals surface area contributed by atoms with Crippen molar-refractivity contribution >= 4 is 33.5 Å². The molecule has 6 heteroatoms. The highest BCUT2D eigenvalue weighted by Gasteiger charge is 2.41. The highest BCUT2D eigenvalue weighted by atomic mass is 79.9. The number of amides is 1. The number of nitrogens with two attached hydrogens (primary N) is 1. The molecule has 20 heavy (non-hydrogen) atoms. The van der Waals surface area contributed by atoms with Gasteiger partial charge in [-0.15, -0.1) is 0 Å². The van der Waals surface area contributed by atoms with Crippen LogP contribution in [-0.4, -0.2) is 23.5 Å². The number of hydrogen-bond acceptors (Lipinski definition) is 3. The minimum atomic E-state index is -0.780. The molecule has 0 unspecified atom stereocenters. The second-order valence-electron chi connectivity index (χ2n) is 5.17. The smallest absolute Gasteiger partial charge is 0.311 e. The standard InChI is InChI=1S/C14H17BrN2O3/c15-9-4-3-5-10(11(9)12(16)18)17-8-14(13(19)20)6-1-2-7-14/h3-5,17H,1-2,6-8H2,(H2,16,18)(H,19,20). The van der Waals surface area contributed by atoms with E-state index in [1.807, 2.05) is 0 Å². The third-order valence-corrected chi connectivity index (χ3v) is 4.55. The molecular weight excluding hydrogens is 324 g/mol. The third-order valence-electron chi connectivity index (χ3n) is 3.89. The summed E-state index contributed by atoms with van der Waals surface area (Å²) in [6, 6.07) is 5.24. The molecule has 108 valence electrons. The molecule has 0 atom stereocenters. The fourth-order valence-electron chi connectivity index (χ4n) is 2.70. The van der Waals surface area contributed by atoms with Crippen molar-refractivity contribution < 1.29 is 14.7 Å². The van der Waals surface area contributed by atoms with E-state index in [1.165, 1.54) is 0 Å². The number of carboxylic acids is 1. The summed E-state index contributed by atoms with van der Waals surface area (Å²) >= 11 is 3.29. The van der Waals surface area contributed by atoms with E-state index in [0.29, 0.717) is 35.1 Å². The predicted molar refractivity (Wildman–Crippen MR) is 79.7 cm³/mol. The van der Waals surface area contributed by atoms with Gasteiger partial charge < -0.3 is 16.2 Å². The Hall–Kier alpha value is -1.56. The fraction of sp³-hybridized carbons (Fsp3) is 0.429. The van der Waals surface area contributed by atoms with Gasteiger partial charge in [0, 0.05) is 16.7 Å². The molecule has 0 aromatic heterocycles. The van der Waals surface area contributed by atoms with Crippen LogP contribution in [-0.2, 0) is 4.79 Å². The van der Waals surface area contributed by atoms with E-state index >= 15 is 0 Å². The van der Waals surface area contributed by atoms with Gasteiger partial charge in [-0.2, -0.15) is 0 Å². The van der Waals surface area contributed by atoms with Crippen LogP contribution in [0.2, 0.25) is 0 Å². The zero-order valence-electron chi connectivity index (χ0n) is 11.0. The first-order valence-electron chi connectivity index (χ1n) is 6.52. The molecule has 0 spiro atoms. The molecule has 1 saturated carbocycles. The Labute approximate surface area is 125 Å². The zero-order chi connectivity index (χ0) is 14.8. The molecule has 0 bridgehead atoms. The molecule has 0 aliphatic heterocycles. The van der Waals surface area contributed by atoms with E-state index < -0.39 is 17.3 Å². The molecule has 1 aliphatic rings. The van der Waals surface area contributed by atoms with Gasteiger partial charge in [0.05, 0.1) is 11.0 Å². The summed E-state index contributed by atoms with van der Waals surface area (Å²) in [5, 5.41) is 12.5. The van der Waals surface area contributed by atoms with Crippen LogP contribution in [0.4, 0.5) is 5.69 Å². The highest BCUT2D eigenvalue weighted by Crippen LogP contribution is 2.39. The van der Waals surface area contributed by atoms with Gasteiger partial charge >= 0.3 is 5.97 Å². The van der Waals surface area contributed by atoms with Gasteiger partial charge in [-0.05, 0) is 40.9 Å². The summed E-state index contributed by atoms with van der Waals surface area (Å²) in [6.45, 7) is 0.305. The van der Waals surface area contributed by atoms with Crippen LogP contribution in [0.1, 0.15) is 36.0 Å². The number of halogens is 1. The molecule has 1 aromatic carbocycles. The first-order chi connectivity index (χ1) is 9.46. The maximum atomic E-state index is 11.5. The molecule has 1 amide bonds. The molecule has 0 saturated heterocycles. The van der Waals surface area contributed by atoms with Gasteiger partial charge in [0.1, 0.15) is 0 Å². The number of nitrogens with one attached hydrogen (secondary N) is 1. The van der Waals surface area contributed by atoms with E-state index in [9.17, 15) is 14.7 Å². The molecule has 0 radical (unpaired) electrons. The second-order valence-corrected chi connectivity index (χ2v) is 6.03. The second kappa shape index (κ2) is 5.83. The average molecular weight is 341 g/mol. The number of carbonyl (C=O) groups is 2. The number of aliphatic carboxylic acids is 1. The molecule has 1 aromatic rings. The van der Waals surface area contributed by atoms with Crippen LogP contribution < -0.4 is 11.1 Å². The summed E-state index contributed by atoms with van der Waals surface area (Å²) in [5.74, 6) is -1.33. The number of hydrogen-bond donors (Lipinski definition) is 3. The van der Waals surface area contributed by atoms with Gasteiger partial charge in [-0.25, -0.2) is 0 Å². The van der Waals surface area contributed by atoms with Gasteiger partial charge in [-0.1, -0.05) is 18.9 Å².